The summed E-state index contributed by atoms with van der Waals surface area (Å²) in [4.78, 5) is 37.2. The number of carbonyl (C=O) groups is 3. The molecule has 1 aliphatic rings. The van der Waals surface area contributed by atoms with Gasteiger partial charge in [-0.25, -0.2) is 8.42 Å². The smallest absolute Gasteiger partial charge is 0.251 e. The number of hydrogen-bond donors (Lipinski definition) is 2. The molecule has 1 aliphatic heterocycles. The fourth-order valence-electron chi connectivity index (χ4n) is 3.20. The topological polar surface area (TPSA) is 116 Å². The molecule has 2 aromatic rings. The zero-order valence-corrected chi connectivity index (χ0v) is 17.9. The first-order chi connectivity index (χ1) is 14.8. The van der Waals surface area contributed by atoms with Gasteiger partial charge < -0.3 is 15.5 Å². The summed E-state index contributed by atoms with van der Waals surface area (Å²) >= 11 is 0. The van der Waals surface area contributed by atoms with Crippen molar-refractivity contribution in [2.45, 2.75) is 11.8 Å². The van der Waals surface area contributed by atoms with E-state index in [1.165, 1.54) is 40.4 Å². The molecule has 164 valence electrons. The third kappa shape index (κ3) is 5.68. The molecule has 2 aromatic carbocycles. The van der Waals surface area contributed by atoms with Gasteiger partial charge in [0.1, 0.15) is 0 Å². The lowest BCUT2D eigenvalue weighted by atomic mass is 10.2. The second kappa shape index (κ2) is 9.71. The lowest BCUT2D eigenvalue weighted by molar-refractivity contribution is -0.131. The molecule has 0 atom stereocenters. The minimum atomic E-state index is -3.71. The van der Waals surface area contributed by atoms with Gasteiger partial charge in [-0.1, -0.05) is 18.2 Å². The number of rotatable bonds is 6. The summed E-state index contributed by atoms with van der Waals surface area (Å²) in [6.45, 7) is 2.03. The number of hydrogen-bond acceptors (Lipinski definition) is 5. The van der Waals surface area contributed by atoms with E-state index in [0.29, 0.717) is 11.3 Å². The van der Waals surface area contributed by atoms with Gasteiger partial charge in [-0.2, -0.15) is 4.31 Å². The Labute approximate surface area is 181 Å². The number of sulfonamides is 1. The van der Waals surface area contributed by atoms with E-state index >= 15 is 0 Å². The number of anilines is 1. The first-order valence-corrected chi connectivity index (χ1v) is 11.2. The normalized spacial score (nSPS) is 14.7. The highest BCUT2D eigenvalue weighted by Crippen LogP contribution is 2.20. The van der Waals surface area contributed by atoms with E-state index < -0.39 is 10.0 Å². The quantitative estimate of drug-likeness (QED) is 0.687. The maximum atomic E-state index is 12.8. The molecule has 0 spiro atoms. The minimum Gasteiger partial charge on any atom is -0.343 e. The Morgan fingerprint density at radius 1 is 0.903 bits per heavy atom. The first-order valence-electron chi connectivity index (χ1n) is 9.76. The second-order valence-electron chi connectivity index (χ2n) is 7.04. The second-order valence-corrected chi connectivity index (χ2v) is 8.98. The summed E-state index contributed by atoms with van der Waals surface area (Å²) in [5, 5.41) is 5.18. The molecule has 3 amide bonds. The lowest BCUT2D eigenvalue weighted by Gasteiger charge is -2.34. The van der Waals surface area contributed by atoms with Gasteiger partial charge >= 0.3 is 0 Å². The Morgan fingerprint density at radius 3 is 2.10 bits per heavy atom. The van der Waals surface area contributed by atoms with Gasteiger partial charge in [0, 0.05) is 44.4 Å². The van der Waals surface area contributed by atoms with Crippen molar-refractivity contribution in [3.8, 4) is 0 Å². The van der Waals surface area contributed by atoms with Gasteiger partial charge in [0.25, 0.3) is 5.91 Å². The van der Waals surface area contributed by atoms with Crippen LogP contribution in [0.4, 0.5) is 5.69 Å². The number of piperazine rings is 1. The Morgan fingerprint density at radius 2 is 1.52 bits per heavy atom. The average Bonchev–Trinajstić information content (AvgIpc) is 2.78. The van der Waals surface area contributed by atoms with Crippen LogP contribution in [-0.2, 0) is 19.6 Å². The molecule has 1 fully saturated rings. The maximum Gasteiger partial charge on any atom is 0.251 e. The van der Waals surface area contributed by atoms with Crippen LogP contribution in [0.3, 0.4) is 0 Å². The third-order valence-corrected chi connectivity index (χ3v) is 6.75. The summed E-state index contributed by atoms with van der Waals surface area (Å²) < 4.78 is 27.0. The summed E-state index contributed by atoms with van der Waals surface area (Å²) in [7, 11) is -3.71. The summed E-state index contributed by atoms with van der Waals surface area (Å²) in [5.74, 6) is -0.838. The predicted molar refractivity (Wildman–Crippen MR) is 115 cm³/mol. The Kier molecular flexibility index (Phi) is 7.03. The highest BCUT2D eigenvalue weighted by atomic mass is 32.2. The van der Waals surface area contributed by atoms with Crippen LogP contribution >= 0.6 is 0 Å². The summed E-state index contributed by atoms with van der Waals surface area (Å²) in [6.07, 6.45) is 0. The lowest BCUT2D eigenvalue weighted by Crippen LogP contribution is -2.52. The predicted octanol–water partition coefficient (Wildman–Crippen LogP) is 0.908. The molecule has 0 bridgehead atoms. The Balaban J connectivity index is 1.52. The van der Waals surface area contributed by atoms with Crippen molar-refractivity contribution in [1.29, 1.82) is 0 Å². The molecule has 0 aliphatic carbocycles. The molecule has 1 heterocycles. The molecule has 0 radical (unpaired) electrons. The van der Waals surface area contributed by atoms with Crippen LogP contribution < -0.4 is 10.6 Å². The van der Waals surface area contributed by atoms with Crippen molar-refractivity contribution in [2.75, 3.05) is 38.0 Å². The zero-order valence-electron chi connectivity index (χ0n) is 17.1. The van der Waals surface area contributed by atoms with Crippen LogP contribution in [0.25, 0.3) is 0 Å². The zero-order chi connectivity index (χ0) is 22.4. The Bertz CT molecular complexity index is 1050. The SMILES string of the molecule is CC(=O)Nc1ccc(S(=O)(=O)N2CCN(C(=O)CNC(=O)c3ccccc3)CC2)cc1. The number of benzene rings is 2. The van der Waals surface area contributed by atoms with E-state index in [2.05, 4.69) is 10.6 Å². The average molecular weight is 445 g/mol. The van der Waals surface area contributed by atoms with E-state index in [4.69, 9.17) is 0 Å². The van der Waals surface area contributed by atoms with E-state index in [-0.39, 0.29) is 55.3 Å². The van der Waals surface area contributed by atoms with Gasteiger partial charge in [0.2, 0.25) is 21.8 Å². The monoisotopic (exact) mass is 444 g/mol. The van der Waals surface area contributed by atoms with Crippen LogP contribution in [0.2, 0.25) is 0 Å². The maximum absolute atomic E-state index is 12.8. The van der Waals surface area contributed by atoms with Crippen molar-refractivity contribution in [3.63, 3.8) is 0 Å². The van der Waals surface area contributed by atoms with Gasteiger partial charge in [0.05, 0.1) is 11.4 Å². The fraction of sp³-hybridized carbons (Fsp3) is 0.286. The van der Waals surface area contributed by atoms with Crippen molar-refractivity contribution >= 4 is 33.4 Å². The highest BCUT2D eigenvalue weighted by Gasteiger charge is 2.30. The summed E-state index contributed by atoms with van der Waals surface area (Å²) in [6, 6.07) is 14.5. The van der Waals surface area contributed by atoms with Gasteiger partial charge in [-0.05, 0) is 36.4 Å². The molecular formula is C21H24N4O5S. The fourth-order valence-corrected chi connectivity index (χ4v) is 4.62. The molecule has 10 heteroatoms. The minimum absolute atomic E-state index is 0.122. The third-order valence-electron chi connectivity index (χ3n) is 4.84. The van der Waals surface area contributed by atoms with E-state index in [1.807, 2.05) is 0 Å². The van der Waals surface area contributed by atoms with Crippen molar-refractivity contribution in [2.24, 2.45) is 0 Å². The summed E-state index contributed by atoms with van der Waals surface area (Å²) in [5.41, 5.74) is 0.982. The van der Waals surface area contributed by atoms with Crippen LogP contribution in [0.5, 0.6) is 0 Å². The first kappa shape index (κ1) is 22.4. The van der Waals surface area contributed by atoms with E-state index in [9.17, 15) is 22.8 Å². The number of nitrogens with zero attached hydrogens (tertiary/aromatic N) is 2. The van der Waals surface area contributed by atoms with Crippen LogP contribution in [0.1, 0.15) is 17.3 Å². The van der Waals surface area contributed by atoms with Crippen molar-refractivity contribution in [3.05, 3.63) is 60.2 Å². The molecule has 1 saturated heterocycles. The van der Waals surface area contributed by atoms with Crippen LogP contribution in [0, 0.1) is 0 Å². The van der Waals surface area contributed by atoms with Gasteiger partial charge in [0.15, 0.2) is 0 Å². The van der Waals surface area contributed by atoms with Crippen LogP contribution in [0.15, 0.2) is 59.5 Å². The Hall–Kier alpha value is -3.24. The van der Waals surface area contributed by atoms with Crippen molar-refractivity contribution < 1.29 is 22.8 Å². The number of carbonyl (C=O) groups excluding carboxylic acids is 3. The molecule has 9 nitrogen and oxygen atoms in total. The van der Waals surface area contributed by atoms with Crippen LogP contribution in [-0.4, -0.2) is 68.1 Å². The van der Waals surface area contributed by atoms with E-state index in [0.717, 1.165) is 0 Å². The molecule has 0 unspecified atom stereocenters. The van der Waals surface area contributed by atoms with E-state index in [1.54, 1.807) is 30.3 Å². The number of amides is 3. The standard InChI is InChI=1S/C21H24N4O5S/c1-16(26)23-18-7-9-19(10-8-18)31(29,30)25-13-11-24(12-14-25)20(27)15-22-21(28)17-5-3-2-4-6-17/h2-10H,11-15H2,1H3,(H,22,28)(H,23,26). The molecule has 0 aromatic heterocycles. The molecule has 2 N–H and O–H groups in total. The molecular weight excluding hydrogens is 420 g/mol. The highest BCUT2D eigenvalue weighted by molar-refractivity contribution is 7.89. The number of nitrogens with one attached hydrogen (secondary N) is 2. The van der Waals surface area contributed by atoms with Gasteiger partial charge in [-0.15, -0.1) is 0 Å². The molecule has 31 heavy (non-hydrogen) atoms. The molecule has 3 rings (SSSR count). The molecule has 0 saturated carbocycles. The van der Waals surface area contributed by atoms with Crippen molar-refractivity contribution in [1.82, 2.24) is 14.5 Å². The largest absolute Gasteiger partial charge is 0.343 e. The van der Waals surface area contributed by atoms with Gasteiger partial charge in [-0.3, -0.25) is 14.4 Å².